The first-order valence-electron chi connectivity index (χ1n) is 15.6. The molecule has 11 nitrogen and oxygen atoms in total. The molecule has 0 aromatic carbocycles. The summed E-state index contributed by atoms with van der Waals surface area (Å²) >= 11 is 0. The van der Waals surface area contributed by atoms with Gasteiger partial charge in [0.15, 0.2) is 6.29 Å². The van der Waals surface area contributed by atoms with E-state index in [1.54, 1.807) is 41.5 Å². The van der Waals surface area contributed by atoms with Crippen molar-refractivity contribution in [3.8, 4) is 0 Å². The van der Waals surface area contributed by atoms with Crippen LogP contribution in [0.5, 0.6) is 0 Å². The van der Waals surface area contributed by atoms with Gasteiger partial charge in [-0.2, -0.15) is 0 Å². The van der Waals surface area contributed by atoms with Crippen molar-refractivity contribution >= 4 is 5.97 Å². The lowest BCUT2D eigenvalue weighted by molar-refractivity contribution is -0.236. The fourth-order valence-corrected chi connectivity index (χ4v) is 6.93. The van der Waals surface area contributed by atoms with Gasteiger partial charge in [0.25, 0.3) is 0 Å². The second kappa shape index (κ2) is 14.9. The van der Waals surface area contributed by atoms with Crippen LogP contribution in [-0.4, -0.2) is 135 Å². The number of aliphatic hydroxyl groups excluding tert-OH is 3. The Bertz CT molecular complexity index is 856. The Morgan fingerprint density at radius 1 is 1.02 bits per heavy atom. The van der Waals surface area contributed by atoms with Crippen molar-refractivity contribution in [2.24, 2.45) is 17.8 Å². The standard InChI is InChI=1S/C31H60N2O9/c1-12-23-31(8,39)28(36)20(5)33(11)16-17(2)15-30(7,38)27(35)18(3)26(19(4)29(37)41-23)42-24-14-13-22(32(9)10)25(34)21(6)40-24/h17-28,34-36,38-39H,12-16H2,1-11H3/t17-,18+,19-,20-,21?,22?,23-,24+,25-,26+,27-,28-,30-,31-/m1/s1. The van der Waals surface area contributed by atoms with Crippen molar-refractivity contribution in [2.75, 3.05) is 27.7 Å². The summed E-state index contributed by atoms with van der Waals surface area (Å²) in [6.45, 7) is 14.2. The van der Waals surface area contributed by atoms with Gasteiger partial charge in [0.2, 0.25) is 0 Å². The first-order chi connectivity index (χ1) is 19.3. The molecule has 2 rings (SSSR count). The van der Waals surface area contributed by atoms with E-state index in [-0.39, 0.29) is 24.8 Å². The van der Waals surface area contributed by atoms with Crippen LogP contribution in [-0.2, 0) is 19.0 Å². The number of nitrogens with zero attached hydrogens (tertiary/aromatic N) is 2. The third-order valence-electron chi connectivity index (χ3n) is 9.82. The molecule has 0 saturated carbocycles. The number of hydrogen-bond acceptors (Lipinski definition) is 11. The molecule has 11 heteroatoms. The minimum absolute atomic E-state index is 0.0799. The van der Waals surface area contributed by atoms with Gasteiger partial charge in [-0.1, -0.05) is 20.8 Å². The molecular weight excluding hydrogens is 544 g/mol. The number of carbonyl (C=O) groups excluding carboxylic acids is 1. The molecular formula is C31H60N2O9. The SMILES string of the molecule is CC[C@H]1OC(=O)[C@H](C)[C@@H](O[C@H]2CCC(N(C)C)[C@H](O)C(C)O2)[C@H](C)[C@@H](O)[C@](C)(O)C[C@@H](C)CN(C)[C@H](C)[C@@H](O)[C@]1(C)O. The highest BCUT2D eigenvalue weighted by molar-refractivity contribution is 5.73. The minimum Gasteiger partial charge on any atom is -0.459 e. The van der Waals surface area contributed by atoms with E-state index in [2.05, 4.69) is 0 Å². The van der Waals surface area contributed by atoms with Crippen LogP contribution in [0.1, 0.15) is 81.1 Å². The average molecular weight is 605 g/mol. The first-order valence-corrected chi connectivity index (χ1v) is 15.6. The van der Waals surface area contributed by atoms with Crippen molar-refractivity contribution < 1.29 is 44.5 Å². The minimum atomic E-state index is -1.74. The van der Waals surface area contributed by atoms with E-state index >= 15 is 0 Å². The number of ether oxygens (including phenoxy) is 3. The van der Waals surface area contributed by atoms with Gasteiger partial charge in [-0.15, -0.1) is 0 Å². The molecule has 5 N–H and O–H groups in total. The highest BCUT2D eigenvalue weighted by Crippen LogP contribution is 2.35. The molecule has 14 atom stereocenters. The second-order valence-corrected chi connectivity index (χ2v) is 13.9. The molecule has 0 amide bonds. The summed E-state index contributed by atoms with van der Waals surface area (Å²) in [5.74, 6) is -2.38. The van der Waals surface area contributed by atoms with E-state index in [9.17, 15) is 30.3 Å². The highest BCUT2D eigenvalue weighted by atomic mass is 16.7. The third-order valence-corrected chi connectivity index (χ3v) is 9.82. The van der Waals surface area contributed by atoms with Gasteiger partial charge in [-0.05, 0) is 87.4 Å². The van der Waals surface area contributed by atoms with Gasteiger partial charge in [-0.25, -0.2) is 0 Å². The zero-order valence-corrected chi connectivity index (χ0v) is 27.7. The second-order valence-electron chi connectivity index (χ2n) is 13.9. The predicted octanol–water partition coefficient (Wildman–Crippen LogP) is 1.37. The molecule has 248 valence electrons. The predicted molar refractivity (Wildman–Crippen MR) is 160 cm³/mol. The maximum absolute atomic E-state index is 13.7. The van der Waals surface area contributed by atoms with Crippen molar-refractivity contribution in [2.45, 2.75) is 147 Å². The summed E-state index contributed by atoms with van der Waals surface area (Å²) in [5, 5.41) is 56.6. The summed E-state index contributed by atoms with van der Waals surface area (Å²) < 4.78 is 18.4. The highest BCUT2D eigenvalue weighted by Gasteiger charge is 2.48. The Morgan fingerprint density at radius 2 is 1.62 bits per heavy atom. The number of likely N-dealkylation sites (N-methyl/N-ethyl adjacent to an activating group) is 2. The van der Waals surface area contributed by atoms with Crippen LogP contribution in [0.3, 0.4) is 0 Å². The van der Waals surface area contributed by atoms with Crippen LogP contribution in [0.4, 0.5) is 0 Å². The fourth-order valence-electron chi connectivity index (χ4n) is 6.93. The molecule has 2 saturated heterocycles. The average Bonchev–Trinajstić information content (AvgIpc) is 3.04. The molecule has 0 aromatic heterocycles. The lowest BCUT2D eigenvalue weighted by Gasteiger charge is -2.42. The Kier molecular flexibility index (Phi) is 13.3. The van der Waals surface area contributed by atoms with E-state index < -0.39 is 78.0 Å². The quantitative estimate of drug-likeness (QED) is 0.296. The number of carbonyl (C=O) groups is 1. The lowest BCUT2D eigenvalue weighted by atomic mass is 9.78. The maximum atomic E-state index is 13.7. The molecule has 0 spiro atoms. The Morgan fingerprint density at radius 3 is 2.17 bits per heavy atom. The molecule has 2 fully saturated rings. The maximum Gasteiger partial charge on any atom is 0.311 e. The summed E-state index contributed by atoms with van der Waals surface area (Å²) in [7, 11) is 5.63. The zero-order valence-electron chi connectivity index (χ0n) is 27.7. The zero-order chi connectivity index (χ0) is 32.3. The molecule has 0 bridgehead atoms. The molecule has 42 heavy (non-hydrogen) atoms. The van der Waals surface area contributed by atoms with Gasteiger partial charge in [0, 0.05) is 24.5 Å². The van der Waals surface area contributed by atoms with Gasteiger partial charge in [0.1, 0.15) is 17.8 Å². The van der Waals surface area contributed by atoms with Gasteiger partial charge in [0.05, 0.1) is 35.9 Å². The van der Waals surface area contributed by atoms with Crippen molar-refractivity contribution in [1.29, 1.82) is 0 Å². The smallest absolute Gasteiger partial charge is 0.311 e. The summed E-state index contributed by atoms with van der Waals surface area (Å²) in [6.07, 6.45) is -4.94. The summed E-state index contributed by atoms with van der Waals surface area (Å²) in [4.78, 5) is 17.5. The van der Waals surface area contributed by atoms with E-state index in [4.69, 9.17) is 14.2 Å². The Hall–Kier alpha value is -0.890. The molecule has 2 unspecified atom stereocenters. The Balaban J connectivity index is 2.51. The fraction of sp³-hybridized carbons (Fsp3) is 0.968. The van der Waals surface area contributed by atoms with Crippen molar-refractivity contribution in [3.05, 3.63) is 0 Å². The molecule has 2 heterocycles. The number of cyclic esters (lactones) is 1. The molecule has 0 radical (unpaired) electrons. The summed E-state index contributed by atoms with van der Waals surface area (Å²) in [6, 6.07) is -0.632. The van der Waals surface area contributed by atoms with Crippen LogP contribution < -0.4 is 0 Å². The number of hydrogen-bond donors (Lipinski definition) is 5. The Labute approximate surface area is 253 Å². The van der Waals surface area contributed by atoms with Crippen molar-refractivity contribution in [1.82, 2.24) is 9.80 Å². The largest absolute Gasteiger partial charge is 0.459 e. The first kappa shape index (κ1) is 37.3. The molecule has 0 aromatic rings. The molecule has 2 aliphatic rings. The van der Waals surface area contributed by atoms with Crippen LogP contribution >= 0.6 is 0 Å². The van der Waals surface area contributed by atoms with E-state index in [1.807, 2.05) is 37.9 Å². The molecule has 2 aliphatic heterocycles. The topological polar surface area (TPSA) is 152 Å². The summed E-state index contributed by atoms with van der Waals surface area (Å²) in [5.41, 5.74) is -3.26. The van der Waals surface area contributed by atoms with Gasteiger partial charge < -0.3 is 49.5 Å². The van der Waals surface area contributed by atoms with Crippen LogP contribution in [0.15, 0.2) is 0 Å². The van der Waals surface area contributed by atoms with E-state index in [0.29, 0.717) is 19.4 Å². The third kappa shape index (κ3) is 8.63. The number of esters is 1. The van der Waals surface area contributed by atoms with Crippen LogP contribution in [0.2, 0.25) is 0 Å². The van der Waals surface area contributed by atoms with Crippen molar-refractivity contribution in [3.63, 3.8) is 0 Å². The van der Waals surface area contributed by atoms with E-state index in [0.717, 1.165) is 0 Å². The molecule has 0 aliphatic carbocycles. The lowest BCUT2D eigenvalue weighted by Crippen LogP contribution is -2.59. The van der Waals surface area contributed by atoms with E-state index in [1.165, 1.54) is 6.92 Å². The van der Waals surface area contributed by atoms with Crippen LogP contribution in [0, 0.1) is 17.8 Å². The monoisotopic (exact) mass is 604 g/mol. The van der Waals surface area contributed by atoms with Crippen LogP contribution in [0.25, 0.3) is 0 Å². The van der Waals surface area contributed by atoms with Gasteiger partial charge in [-0.3, -0.25) is 4.79 Å². The van der Waals surface area contributed by atoms with Gasteiger partial charge >= 0.3 is 5.97 Å². The number of aliphatic hydroxyl groups is 5. The number of rotatable bonds is 4. The normalized spacial score (nSPS) is 47.8.